The van der Waals surface area contributed by atoms with Gasteiger partial charge in [0.1, 0.15) is 18.2 Å². The van der Waals surface area contributed by atoms with E-state index in [1.54, 1.807) is 0 Å². The molecule has 1 saturated carbocycles. The number of aromatic amines is 1. The summed E-state index contributed by atoms with van der Waals surface area (Å²) in [6.45, 7) is 6.31. The van der Waals surface area contributed by atoms with Gasteiger partial charge in [-0.2, -0.15) is 0 Å². The van der Waals surface area contributed by atoms with Gasteiger partial charge >= 0.3 is 0 Å². The Hall–Kier alpha value is -2.59. The molecule has 0 atom stereocenters. The molecule has 0 aliphatic heterocycles. The van der Waals surface area contributed by atoms with Crippen molar-refractivity contribution < 1.29 is 4.74 Å². The van der Waals surface area contributed by atoms with E-state index in [1.165, 1.54) is 48.7 Å². The summed E-state index contributed by atoms with van der Waals surface area (Å²) in [7, 11) is 0. The molecule has 1 aliphatic carbocycles. The normalized spacial score (nSPS) is 15.1. The maximum atomic E-state index is 5.95. The van der Waals surface area contributed by atoms with Gasteiger partial charge in [-0.15, -0.1) is 0 Å². The molecule has 0 radical (unpaired) electrons. The first-order valence-corrected chi connectivity index (χ1v) is 9.79. The molecule has 0 bridgehead atoms. The standard InChI is InChI=1S/C23H27N3O/c1-16-12-19-13-17(8-10-21(19)26-16)18-9-11-23(22(14-18)24-2)27-15-25-20-6-4-3-5-7-20/h8-14,20,25-26H,2-7,15H2,1H3. The molecular formula is C23H27N3O. The lowest BCUT2D eigenvalue weighted by Gasteiger charge is -2.23. The van der Waals surface area contributed by atoms with Gasteiger partial charge in [-0.1, -0.05) is 31.4 Å². The number of ether oxygens (including phenoxy) is 1. The number of nitrogens with zero attached hydrogens (tertiary/aromatic N) is 1. The molecule has 4 nitrogen and oxygen atoms in total. The van der Waals surface area contributed by atoms with Gasteiger partial charge in [-0.25, -0.2) is 0 Å². The summed E-state index contributed by atoms with van der Waals surface area (Å²) in [5.74, 6) is 0.774. The van der Waals surface area contributed by atoms with Crippen LogP contribution in [-0.4, -0.2) is 24.5 Å². The minimum atomic E-state index is 0.515. The van der Waals surface area contributed by atoms with E-state index in [1.807, 2.05) is 12.1 Å². The molecule has 1 aliphatic rings. The van der Waals surface area contributed by atoms with Crippen LogP contribution < -0.4 is 10.1 Å². The molecule has 1 aromatic heterocycles. The molecule has 2 aromatic carbocycles. The van der Waals surface area contributed by atoms with Crippen molar-refractivity contribution in [3.8, 4) is 16.9 Å². The number of aromatic nitrogens is 1. The number of hydrogen-bond donors (Lipinski definition) is 2. The number of fused-ring (bicyclic) bond motifs is 1. The second-order valence-corrected chi connectivity index (χ2v) is 7.42. The van der Waals surface area contributed by atoms with Crippen molar-refractivity contribution in [1.29, 1.82) is 0 Å². The Morgan fingerprint density at radius 2 is 1.85 bits per heavy atom. The van der Waals surface area contributed by atoms with Gasteiger partial charge in [0.2, 0.25) is 0 Å². The van der Waals surface area contributed by atoms with E-state index in [4.69, 9.17) is 4.74 Å². The van der Waals surface area contributed by atoms with Crippen LogP contribution in [0.1, 0.15) is 37.8 Å². The van der Waals surface area contributed by atoms with Crippen molar-refractivity contribution in [3.63, 3.8) is 0 Å². The summed E-state index contributed by atoms with van der Waals surface area (Å²) in [6.07, 6.45) is 6.48. The molecule has 140 valence electrons. The summed E-state index contributed by atoms with van der Waals surface area (Å²) >= 11 is 0. The van der Waals surface area contributed by atoms with Gasteiger partial charge in [-0.05, 0) is 67.9 Å². The van der Waals surface area contributed by atoms with E-state index < -0.39 is 0 Å². The van der Waals surface area contributed by atoms with E-state index in [0.29, 0.717) is 12.8 Å². The van der Waals surface area contributed by atoms with Crippen molar-refractivity contribution in [2.24, 2.45) is 4.99 Å². The molecule has 4 rings (SSSR count). The molecule has 0 saturated heterocycles. The minimum absolute atomic E-state index is 0.515. The highest BCUT2D eigenvalue weighted by Gasteiger charge is 2.13. The van der Waals surface area contributed by atoms with Crippen molar-refractivity contribution in [3.05, 3.63) is 48.2 Å². The molecule has 3 aromatic rings. The van der Waals surface area contributed by atoms with Crippen LogP contribution >= 0.6 is 0 Å². The van der Waals surface area contributed by atoms with Gasteiger partial charge in [0.25, 0.3) is 0 Å². The molecule has 0 unspecified atom stereocenters. The zero-order valence-corrected chi connectivity index (χ0v) is 15.9. The maximum Gasteiger partial charge on any atom is 0.146 e. The van der Waals surface area contributed by atoms with Crippen molar-refractivity contribution in [1.82, 2.24) is 10.3 Å². The predicted octanol–water partition coefficient (Wildman–Crippen LogP) is 5.73. The van der Waals surface area contributed by atoms with E-state index in [0.717, 1.165) is 22.5 Å². The fourth-order valence-corrected chi connectivity index (χ4v) is 3.94. The second kappa shape index (κ2) is 7.97. The Morgan fingerprint density at radius 3 is 2.67 bits per heavy atom. The lowest BCUT2D eigenvalue weighted by Crippen LogP contribution is -2.33. The van der Waals surface area contributed by atoms with Crippen LogP contribution in [0.25, 0.3) is 22.0 Å². The number of aliphatic imine (C=N–C) groups is 1. The molecule has 1 heterocycles. The van der Waals surface area contributed by atoms with Crippen LogP contribution in [0, 0.1) is 6.92 Å². The van der Waals surface area contributed by atoms with Crippen LogP contribution in [0.15, 0.2) is 47.5 Å². The van der Waals surface area contributed by atoms with Crippen LogP contribution in [-0.2, 0) is 0 Å². The minimum Gasteiger partial charge on any atom is -0.476 e. The molecule has 2 N–H and O–H groups in total. The van der Waals surface area contributed by atoms with E-state index in [2.05, 4.69) is 59.3 Å². The highest BCUT2D eigenvalue weighted by molar-refractivity contribution is 5.86. The first-order chi connectivity index (χ1) is 13.2. The third kappa shape index (κ3) is 4.06. The molecule has 4 heteroatoms. The molecule has 1 fully saturated rings. The fraction of sp³-hybridized carbons (Fsp3) is 0.348. The van der Waals surface area contributed by atoms with Crippen molar-refractivity contribution in [2.75, 3.05) is 6.73 Å². The first-order valence-electron chi connectivity index (χ1n) is 9.79. The monoisotopic (exact) mass is 361 g/mol. The van der Waals surface area contributed by atoms with Gasteiger partial charge in [0.15, 0.2) is 0 Å². The number of aryl methyl sites for hydroxylation is 1. The summed E-state index contributed by atoms with van der Waals surface area (Å²) in [5, 5.41) is 4.72. The number of benzene rings is 2. The SMILES string of the molecule is C=Nc1cc(-c2ccc3[nH]c(C)cc3c2)ccc1OCNC1CCCCC1. The fourth-order valence-electron chi connectivity index (χ4n) is 3.94. The zero-order valence-electron chi connectivity index (χ0n) is 15.9. The Labute approximate surface area is 160 Å². The van der Waals surface area contributed by atoms with Crippen molar-refractivity contribution >= 4 is 23.3 Å². The summed E-state index contributed by atoms with van der Waals surface area (Å²) < 4.78 is 5.95. The summed E-state index contributed by atoms with van der Waals surface area (Å²) in [5.41, 5.74) is 5.39. The predicted molar refractivity (Wildman–Crippen MR) is 113 cm³/mol. The van der Waals surface area contributed by atoms with Crippen LogP contribution in [0.4, 0.5) is 5.69 Å². The zero-order chi connectivity index (χ0) is 18.6. The van der Waals surface area contributed by atoms with Crippen molar-refractivity contribution in [2.45, 2.75) is 45.1 Å². The van der Waals surface area contributed by atoms with Gasteiger partial charge in [-0.3, -0.25) is 10.3 Å². The Kier molecular flexibility index (Phi) is 5.26. The molecule has 0 spiro atoms. The molecular weight excluding hydrogens is 334 g/mol. The highest BCUT2D eigenvalue weighted by atomic mass is 16.5. The third-order valence-electron chi connectivity index (χ3n) is 5.42. The Morgan fingerprint density at radius 1 is 1.07 bits per heavy atom. The van der Waals surface area contributed by atoms with Gasteiger partial charge in [0.05, 0.1) is 0 Å². The van der Waals surface area contributed by atoms with Gasteiger partial charge < -0.3 is 9.72 Å². The van der Waals surface area contributed by atoms with Crippen LogP contribution in [0.2, 0.25) is 0 Å². The van der Waals surface area contributed by atoms with Gasteiger partial charge in [0, 0.05) is 22.6 Å². The quantitative estimate of drug-likeness (QED) is 0.435. The average molecular weight is 361 g/mol. The number of nitrogens with one attached hydrogen (secondary N) is 2. The topological polar surface area (TPSA) is 49.4 Å². The third-order valence-corrected chi connectivity index (χ3v) is 5.42. The van der Waals surface area contributed by atoms with E-state index in [-0.39, 0.29) is 0 Å². The Balaban J connectivity index is 1.48. The lowest BCUT2D eigenvalue weighted by molar-refractivity contribution is 0.241. The van der Waals surface area contributed by atoms with Crippen LogP contribution in [0.5, 0.6) is 5.75 Å². The average Bonchev–Trinajstić information content (AvgIpc) is 3.08. The van der Waals surface area contributed by atoms with E-state index in [9.17, 15) is 0 Å². The number of H-pyrrole nitrogens is 1. The smallest absolute Gasteiger partial charge is 0.146 e. The largest absolute Gasteiger partial charge is 0.476 e. The maximum absolute atomic E-state index is 5.95. The molecule has 27 heavy (non-hydrogen) atoms. The first kappa shape index (κ1) is 17.8. The highest BCUT2D eigenvalue weighted by Crippen LogP contribution is 2.33. The summed E-state index contributed by atoms with van der Waals surface area (Å²) in [6, 6.07) is 15.3. The molecule has 0 amide bonds. The number of rotatable bonds is 6. The lowest BCUT2D eigenvalue weighted by atomic mass is 9.96. The number of hydrogen-bond acceptors (Lipinski definition) is 3. The van der Waals surface area contributed by atoms with Crippen LogP contribution in [0.3, 0.4) is 0 Å². The second-order valence-electron chi connectivity index (χ2n) is 7.42. The van der Waals surface area contributed by atoms with E-state index >= 15 is 0 Å². The Bertz CT molecular complexity index is 938. The summed E-state index contributed by atoms with van der Waals surface area (Å²) in [4.78, 5) is 7.54.